The highest BCUT2D eigenvalue weighted by atomic mass is 16.2. The summed E-state index contributed by atoms with van der Waals surface area (Å²) in [6, 6.07) is 9.08. The molecule has 0 unspecified atom stereocenters. The first-order valence-corrected chi connectivity index (χ1v) is 5.78. The van der Waals surface area contributed by atoms with E-state index >= 15 is 0 Å². The fourth-order valence-corrected chi connectivity index (χ4v) is 1.61. The Morgan fingerprint density at radius 1 is 1.22 bits per heavy atom. The molecule has 4 nitrogen and oxygen atoms in total. The van der Waals surface area contributed by atoms with Crippen molar-refractivity contribution in [2.45, 2.75) is 13.8 Å². The van der Waals surface area contributed by atoms with E-state index in [9.17, 15) is 9.59 Å². The third-order valence-corrected chi connectivity index (χ3v) is 2.61. The Kier molecular flexibility index (Phi) is 3.37. The van der Waals surface area contributed by atoms with Gasteiger partial charge in [-0.15, -0.1) is 0 Å². The van der Waals surface area contributed by atoms with Gasteiger partial charge in [0.2, 0.25) is 5.78 Å². The second-order valence-electron chi connectivity index (χ2n) is 4.38. The normalized spacial score (nSPS) is 10.6. The third-order valence-electron chi connectivity index (χ3n) is 2.61. The zero-order valence-corrected chi connectivity index (χ0v) is 10.3. The smallest absolute Gasteiger partial charge is 0.292 e. The van der Waals surface area contributed by atoms with Crippen molar-refractivity contribution >= 4 is 28.3 Å². The SMILES string of the molecule is CC(C)C(=O)C(=O)Nc1ccc2ncccc2c1. The van der Waals surface area contributed by atoms with Crippen LogP contribution in [0, 0.1) is 5.92 Å². The van der Waals surface area contributed by atoms with Gasteiger partial charge in [-0.25, -0.2) is 0 Å². The fraction of sp³-hybridized carbons (Fsp3) is 0.214. The standard InChI is InChI=1S/C14H14N2O2/c1-9(2)13(17)14(18)16-11-5-6-12-10(8-11)4-3-7-15-12/h3-9H,1-2H3,(H,16,18). The Labute approximate surface area is 105 Å². The number of fused-ring (bicyclic) bond motifs is 1. The van der Waals surface area contributed by atoms with Gasteiger partial charge < -0.3 is 5.32 Å². The van der Waals surface area contributed by atoms with Crippen LogP contribution in [0.2, 0.25) is 0 Å². The number of ketones is 1. The number of nitrogens with one attached hydrogen (secondary N) is 1. The lowest BCUT2D eigenvalue weighted by atomic mass is 10.1. The molecule has 1 amide bonds. The highest BCUT2D eigenvalue weighted by Crippen LogP contribution is 2.17. The summed E-state index contributed by atoms with van der Waals surface area (Å²) in [5, 5.41) is 3.52. The summed E-state index contributed by atoms with van der Waals surface area (Å²) in [5.41, 5.74) is 1.46. The van der Waals surface area contributed by atoms with Crippen LogP contribution in [0.4, 0.5) is 5.69 Å². The molecule has 0 spiro atoms. The molecule has 0 atom stereocenters. The van der Waals surface area contributed by atoms with Gasteiger partial charge in [0.25, 0.3) is 5.91 Å². The summed E-state index contributed by atoms with van der Waals surface area (Å²) in [7, 11) is 0. The zero-order chi connectivity index (χ0) is 13.1. The van der Waals surface area contributed by atoms with E-state index in [0.29, 0.717) is 5.69 Å². The number of Topliss-reactive ketones (excluding diaryl/α,β-unsaturated/α-hetero) is 1. The number of carbonyl (C=O) groups is 2. The molecule has 0 saturated carbocycles. The monoisotopic (exact) mass is 242 g/mol. The molecule has 0 saturated heterocycles. The van der Waals surface area contributed by atoms with Crippen LogP contribution in [-0.2, 0) is 9.59 Å². The first-order chi connectivity index (χ1) is 8.58. The van der Waals surface area contributed by atoms with Crippen LogP contribution in [0.3, 0.4) is 0 Å². The average Bonchev–Trinajstić information content (AvgIpc) is 2.37. The Morgan fingerprint density at radius 2 is 2.00 bits per heavy atom. The van der Waals surface area contributed by atoms with Crippen molar-refractivity contribution in [2.24, 2.45) is 5.92 Å². The molecule has 0 fully saturated rings. The minimum atomic E-state index is -0.576. The highest BCUT2D eigenvalue weighted by Gasteiger charge is 2.17. The molecular formula is C14H14N2O2. The van der Waals surface area contributed by atoms with E-state index in [1.54, 1.807) is 32.2 Å². The van der Waals surface area contributed by atoms with E-state index in [2.05, 4.69) is 10.3 Å². The second kappa shape index (κ2) is 4.96. The van der Waals surface area contributed by atoms with Gasteiger partial charge >= 0.3 is 0 Å². The average molecular weight is 242 g/mol. The van der Waals surface area contributed by atoms with Gasteiger partial charge in [-0.05, 0) is 24.3 Å². The molecule has 0 aliphatic carbocycles. The van der Waals surface area contributed by atoms with E-state index in [-0.39, 0.29) is 5.92 Å². The fourth-order valence-electron chi connectivity index (χ4n) is 1.61. The van der Waals surface area contributed by atoms with Crippen LogP contribution in [0.15, 0.2) is 36.5 Å². The number of pyridine rings is 1. The van der Waals surface area contributed by atoms with Crippen molar-refractivity contribution in [1.82, 2.24) is 4.98 Å². The molecule has 0 radical (unpaired) electrons. The van der Waals surface area contributed by atoms with Gasteiger partial charge in [-0.3, -0.25) is 14.6 Å². The number of benzene rings is 1. The number of hydrogen-bond donors (Lipinski definition) is 1. The summed E-state index contributed by atoms with van der Waals surface area (Å²) in [4.78, 5) is 27.3. The molecule has 18 heavy (non-hydrogen) atoms. The maximum Gasteiger partial charge on any atom is 0.292 e. The molecule has 0 aliphatic heterocycles. The molecule has 1 N–H and O–H groups in total. The molecule has 2 rings (SSSR count). The van der Waals surface area contributed by atoms with Crippen LogP contribution in [0.25, 0.3) is 10.9 Å². The minimum absolute atomic E-state index is 0.299. The van der Waals surface area contributed by atoms with E-state index in [1.165, 1.54) is 0 Å². The highest BCUT2D eigenvalue weighted by molar-refractivity contribution is 6.41. The maximum atomic E-state index is 11.6. The maximum absolute atomic E-state index is 11.6. The van der Waals surface area contributed by atoms with Gasteiger partial charge in [0.15, 0.2) is 0 Å². The number of anilines is 1. The first-order valence-electron chi connectivity index (χ1n) is 5.78. The van der Waals surface area contributed by atoms with Gasteiger partial charge in [0, 0.05) is 23.2 Å². The zero-order valence-electron chi connectivity index (χ0n) is 10.3. The lowest BCUT2D eigenvalue weighted by Gasteiger charge is -2.07. The number of aromatic nitrogens is 1. The van der Waals surface area contributed by atoms with Crippen LogP contribution in [0.5, 0.6) is 0 Å². The summed E-state index contributed by atoms with van der Waals surface area (Å²) in [6.45, 7) is 3.40. The van der Waals surface area contributed by atoms with E-state index in [0.717, 1.165) is 10.9 Å². The quantitative estimate of drug-likeness (QED) is 0.841. The van der Waals surface area contributed by atoms with Crippen molar-refractivity contribution < 1.29 is 9.59 Å². The molecule has 0 aliphatic rings. The molecule has 1 heterocycles. The van der Waals surface area contributed by atoms with Crippen molar-refractivity contribution in [3.63, 3.8) is 0 Å². The summed E-state index contributed by atoms with van der Waals surface area (Å²) in [5.74, 6) is -1.29. The lowest BCUT2D eigenvalue weighted by Crippen LogP contribution is -2.26. The van der Waals surface area contributed by atoms with Crippen LogP contribution in [0.1, 0.15) is 13.8 Å². The Morgan fingerprint density at radius 3 is 2.72 bits per heavy atom. The number of nitrogens with zero attached hydrogens (tertiary/aromatic N) is 1. The Bertz CT molecular complexity index is 606. The molecule has 1 aromatic heterocycles. The topological polar surface area (TPSA) is 59.1 Å². The third kappa shape index (κ3) is 2.53. The predicted octanol–water partition coefficient (Wildman–Crippen LogP) is 2.40. The number of hydrogen-bond acceptors (Lipinski definition) is 3. The number of carbonyl (C=O) groups excluding carboxylic acids is 2. The van der Waals surface area contributed by atoms with Gasteiger partial charge in [-0.2, -0.15) is 0 Å². The predicted molar refractivity (Wildman–Crippen MR) is 70.2 cm³/mol. The largest absolute Gasteiger partial charge is 0.319 e. The van der Waals surface area contributed by atoms with E-state index in [4.69, 9.17) is 0 Å². The summed E-state index contributed by atoms with van der Waals surface area (Å²) in [6.07, 6.45) is 1.71. The van der Waals surface area contributed by atoms with Crippen molar-refractivity contribution in [3.8, 4) is 0 Å². The second-order valence-corrected chi connectivity index (χ2v) is 4.38. The van der Waals surface area contributed by atoms with E-state index in [1.807, 2.05) is 18.2 Å². The van der Waals surface area contributed by atoms with Crippen LogP contribution in [-0.4, -0.2) is 16.7 Å². The molecule has 4 heteroatoms. The van der Waals surface area contributed by atoms with Crippen LogP contribution >= 0.6 is 0 Å². The summed E-state index contributed by atoms with van der Waals surface area (Å²) >= 11 is 0. The number of amides is 1. The van der Waals surface area contributed by atoms with Crippen LogP contribution < -0.4 is 5.32 Å². The summed E-state index contributed by atoms with van der Waals surface area (Å²) < 4.78 is 0. The Hall–Kier alpha value is -2.23. The first kappa shape index (κ1) is 12.2. The van der Waals surface area contributed by atoms with Gasteiger partial charge in [-0.1, -0.05) is 19.9 Å². The molecule has 1 aromatic carbocycles. The van der Waals surface area contributed by atoms with Crippen molar-refractivity contribution in [1.29, 1.82) is 0 Å². The van der Waals surface area contributed by atoms with Crippen molar-refractivity contribution in [3.05, 3.63) is 36.5 Å². The van der Waals surface area contributed by atoms with E-state index < -0.39 is 11.7 Å². The van der Waals surface area contributed by atoms with Gasteiger partial charge in [0.1, 0.15) is 0 Å². The Balaban J connectivity index is 2.22. The van der Waals surface area contributed by atoms with Crippen molar-refractivity contribution in [2.75, 3.05) is 5.32 Å². The molecule has 2 aromatic rings. The molecule has 92 valence electrons. The minimum Gasteiger partial charge on any atom is -0.319 e. The lowest BCUT2D eigenvalue weighted by molar-refractivity contribution is -0.136. The molecular weight excluding hydrogens is 228 g/mol. The molecule has 0 bridgehead atoms. The number of rotatable bonds is 3. The van der Waals surface area contributed by atoms with Gasteiger partial charge in [0.05, 0.1) is 5.52 Å².